The molecule has 1 rings (SSSR count). The minimum absolute atomic E-state index is 0.0528. The molecule has 1 unspecified atom stereocenters. The normalized spacial score (nSPS) is 12.6. The Morgan fingerprint density at radius 1 is 1.36 bits per heavy atom. The van der Waals surface area contributed by atoms with Gasteiger partial charge >= 0.3 is 0 Å². The molecule has 0 bridgehead atoms. The van der Waals surface area contributed by atoms with Crippen molar-refractivity contribution in [2.75, 3.05) is 13.7 Å². The van der Waals surface area contributed by atoms with E-state index in [0.29, 0.717) is 0 Å². The molecule has 2 N–H and O–H groups in total. The maximum Gasteiger partial charge on any atom is 0.165 e. The van der Waals surface area contributed by atoms with Gasteiger partial charge in [-0.1, -0.05) is 6.92 Å². The number of halogens is 2. The SMILES string of the molecule is COc1c(F)ccc(F)c1C(C)CN. The second kappa shape index (κ2) is 4.37. The first-order valence-corrected chi connectivity index (χ1v) is 4.33. The molecule has 1 atom stereocenters. The van der Waals surface area contributed by atoms with Crippen LogP contribution >= 0.6 is 0 Å². The Hall–Kier alpha value is -1.16. The number of ether oxygens (including phenoxy) is 1. The van der Waals surface area contributed by atoms with Crippen LogP contribution in [-0.4, -0.2) is 13.7 Å². The van der Waals surface area contributed by atoms with Crippen molar-refractivity contribution >= 4 is 0 Å². The zero-order chi connectivity index (χ0) is 10.7. The van der Waals surface area contributed by atoms with E-state index in [1.54, 1.807) is 6.92 Å². The van der Waals surface area contributed by atoms with Gasteiger partial charge in [-0.3, -0.25) is 0 Å². The highest BCUT2D eigenvalue weighted by Crippen LogP contribution is 2.31. The van der Waals surface area contributed by atoms with E-state index in [1.165, 1.54) is 7.11 Å². The van der Waals surface area contributed by atoms with Crippen molar-refractivity contribution in [2.24, 2.45) is 5.73 Å². The summed E-state index contributed by atoms with van der Waals surface area (Å²) in [6.07, 6.45) is 0. The first-order valence-electron chi connectivity index (χ1n) is 4.33. The summed E-state index contributed by atoms with van der Waals surface area (Å²) in [5.41, 5.74) is 5.61. The number of hydrogen-bond acceptors (Lipinski definition) is 2. The lowest BCUT2D eigenvalue weighted by Gasteiger charge is -2.15. The maximum atomic E-state index is 13.4. The highest BCUT2D eigenvalue weighted by molar-refractivity contribution is 5.38. The van der Waals surface area contributed by atoms with Gasteiger partial charge in [0.1, 0.15) is 5.82 Å². The lowest BCUT2D eigenvalue weighted by atomic mass is 9.99. The van der Waals surface area contributed by atoms with Crippen LogP contribution in [0.1, 0.15) is 18.4 Å². The van der Waals surface area contributed by atoms with Crippen LogP contribution in [0.15, 0.2) is 12.1 Å². The van der Waals surface area contributed by atoms with Crippen molar-refractivity contribution in [2.45, 2.75) is 12.8 Å². The Labute approximate surface area is 81.7 Å². The van der Waals surface area contributed by atoms with E-state index in [0.717, 1.165) is 12.1 Å². The summed E-state index contributed by atoms with van der Waals surface area (Å²) in [7, 11) is 1.31. The second-order valence-electron chi connectivity index (χ2n) is 3.11. The van der Waals surface area contributed by atoms with E-state index in [4.69, 9.17) is 10.5 Å². The number of nitrogens with two attached hydrogens (primary N) is 1. The van der Waals surface area contributed by atoms with E-state index >= 15 is 0 Å². The zero-order valence-corrected chi connectivity index (χ0v) is 8.18. The third-order valence-corrected chi connectivity index (χ3v) is 2.15. The topological polar surface area (TPSA) is 35.2 Å². The summed E-state index contributed by atoms with van der Waals surface area (Å²) < 4.78 is 31.4. The smallest absolute Gasteiger partial charge is 0.165 e. The van der Waals surface area contributed by atoms with Gasteiger partial charge in [0.05, 0.1) is 7.11 Å². The van der Waals surface area contributed by atoms with E-state index < -0.39 is 11.6 Å². The van der Waals surface area contributed by atoms with Gasteiger partial charge in [0.25, 0.3) is 0 Å². The summed E-state index contributed by atoms with van der Waals surface area (Å²) in [6, 6.07) is 2.13. The van der Waals surface area contributed by atoms with Crippen molar-refractivity contribution < 1.29 is 13.5 Å². The molecule has 1 aromatic carbocycles. The molecule has 0 aliphatic carbocycles. The third-order valence-electron chi connectivity index (χ3n) is 2.15. The van der Waals surface area contributed by atoms with Gasteiger partial charge in [-0.15, -0.1) is 0 Å². The summed E-state index contributed by atoms with van der Waals surface area (Å²) >= 11 is 0. The largest absolute Gasteiger partial charge is 0.493 e. The highest BCUT2D eigenvalue weighted by atomic mass is 19.1. The molecule has 0 aliphatic heterocycles. The molecule has 4 heteroatoms. The van der Waals surface area contributed by atoms with E-state index in [2.05, 4.69) is 0 Å². The Morgan fingerprint density at radius 3 is 2.43 bits per heavy atom. The molecule has 0 aromatic heterocycles. The van der Waals surface area contributed by atoms with Crippen molar-refractivity contribution in [3.8, 4) is 5.75 Å². The quantitative estimate of drug-likeness (QED) is 0.812. The molecule has 2 nitrogen and oxygen atoms in total. The number of benzene rings is 1. The number of rotatable bonds is 3. The van der Waals surface area contributed by atoms with Gasteiger partial charge in [0.15, 0.2) is 11.6 Å². The van der Waals surface area contributed by atoms with Gasteiger partial charge in [-0.25, -0.2) is 8.78 Å². The molecular formula is C10H13F2NO. The molecule has 0 spiro atoms. The molecule has 1 aromatic rings. The van der Waals surface area contributed by atoms with Crippen LogP contribution in [0, 0.1) is 11.6 Å². The van der Waals surface area contributed by atoms with Gasteiger partial charge in [0, 0.05) is 5.56 Å². The van der Waals surface area contributed by atoms with Gasteiger partial charge < -0.3 is 10.5 Å². The van der Waals surface area contributed by atoms with Crippen molar-refractivity contribution in [1.82, 2.24) is 0 Å². The molecule has 0 radical (unpaired) electrons. The Bertz CT molecular complexity index is 328. The van der Waals surface area contributed by atoms with Crippen LogP contribution in [-0.2, 0) is 0 Å². The first-order chi connectivity index (χ1) is 6.61. The average Bonchev–Trinajstić information content (AvgIpc) is 2.19. The average molecular weight is 201 g/mol. The van der Waals surface area contributed by atoms with Crippen molar-refractivity contribution in [3.05, 3.63) is 29.3 Å². The fourth-order valence-electron chi connectivity index (χ4n) is 1.33. The van der Waals surface area contributed by atoms with Crippen molar-refractivity contribution in [3.63, 3.8) is 0 Å². The Kier molecular flexibility index (Phi) is 3.41. The highest BCUT2D eigenvalue weighted by Gasteiger charge is 2.18. The lowest BCUT2D eigenvalue weighted by Crippen LogP contribution is -2.12. The molecule has 0 heterocycles. The van der Waals surface area contributed by atoms with Crippen LogP contribution in [0.4, 0.5) is 8.78 Å². The second-order valence-corrected chi connectivity index (χ2v) is 3.11. The molecule has 0 amide bonds. The van der Waals surface area contributed by atoms with Crippen LogP contribution in [0.3, 0.4) is 0 Å². The van der Waals surface area contributed by atoms with Gasteiger partial charge in [-0.05, 0) is 24.6 Å². The van der Waals surface area contributed by atoms with E-state index in [-0.39, 0.29) is 23.8 Å². The fraction of sp³-hybridized carbons (Fsp3) is 0.400. The van der Waals surface area contributed by atoms with Gasteiger partial charge in [0.2, 0.25) is 0 Å². The predicted molar refractivity (Wildman–Crippen MR) is 50.4 cm³/mol. The molecule has 0 aliphatic rings. The Balaban J connectivity index is 3.29. The minimum Gasteiger partial charge on any atom is -0.493 e. The summed E-state index contributed by atoms with van der Waals surface area (Å²) in [5.74, 6) is -1.37. The van der Waals surface area contributed by atoms with Crippen molar-refractivity contribution in [1.29, 1.82) is 0 Å². The molecule has 78 valence electrons. The molecule has 14 heavy (non-hydrogen) atoms. The van der Waals surface area contributed by atoms with Crippen LogP contribution in [0.25, 0.3) is 0 Å². The van der Waals surface area contributed by atoms with Crippen LogP contribution in [0.5, 0.6) is 5.75 Å². The minimum atomic E-state index is -0.566. The Morgan fingerprint density at radius 2 is 1.93 bits per heavy atom. The molecule has 0 saturated carbocycles. The summed E-state index contributed by atoms with van der Waals surface area (Å²) in [4.78, 5) is 0. The first kappa shape index (κ1) is 10.9. The zero-order valence-electron chi connectivity index (χ0n) is 8.18. The molecule has 0 fully saturated rings. The summed E-state index contributed by atoms with van der Waals surface area (Å²) in [6.45, 7) is 1.97. The molecular weight excluding hydrogens is 188 g/mol. The monoisotopic (exact) mass is 201 g/mol. The van der Waals surface area contributed by atoms with Gasteiger partial charge in [-0.2, -0.15) is 0 Å². The third kappa shape index (κ3) is 1.85. The number of methoxy groups -OCH3 is 1. The van der Waals surface area contributed by atoms with Crippen LogP contribution in [0.2, 0.25) is 0 Å². The fourth-order valence-corrected chi connectivity index (χ4v) is 1.33. The van der Waals surface area contributed by atoms with E-state index in [1.807, 2.05) is 0 Å². The predicted octanol–water partition coefficient (Wildman–Crippen LogP) is 2.04. The lowest BCUT2D eigenvalue weighted by molar-refractivity contribution is 0.372. The summed E-state index contributed by atoms with van der Waals surface area (Å²) in [5, 5.41) is 0. The van der Waals surface area contributed by atoms with E-state index in [9.17, 15) is 8.78 Å². The number of hydrogen-bond donors (Lipinski definition) is 1. The molecule has 0 saturated heterocycles. The van der Waals surface area contributed by atoms with Crippen LogP contribution < -0.4 is 10.5 Å². The standard InChI is InChI=1S/C10H13F2NO/c1-6(5-13)9-7(11)3-4-8(12)10(9)14-2/h3-4,6H,5,13H2,1-2H3. The maximum absolute atomic E-state index is 13.4.